The molecule has 0 atom stereocenters. The predicted octanol–water partition coefficient (Wildman–Crippen LogP) is 7.60. The zero-order valence-corrected chi connectivity index (χ0v) is 21.8. The molecule has 0 amide bonds. The summed E-state index contributed by atoms with van der Waals surface area (Å²) in [5, 5.41) is 9.77. The van der Waals surface area contributed by atoms with Crippen LogP contribution in [0.5, 0.6) is 11.5 Å². The fourth-order valence-corrected chi connectivity index (χ4v) is 4.02. The first kappa shape index (κ1) is 26.0. The number of rotatable bonds is 10. The third-order valence-corrected chi connectivity index (χ3v) is 6.75. The van der Waals surface area contributed by atoms with E-state index in [0.29, 0.717) is 29.5 Å². The van der Waals surface area contributed by atoms with Crippen LogP contribution in [0.15, 0.2) is 84.9 Å². The van der Waals surface area contributed by atoms with E-state index in [0.717, 1.165) is 23.1 Å². The fraction of sp³-hybridized carbons (Fsp3) is 0.250. The van der Waals surface area contributed by atoms with Crippen LogP contribution in [0.3, 0.4) is 0 Å². The second kappa shape index (κ2) is 11.3. The van der Waals surface area contributed by atoms with Gasteiger partial charge in [-0.05, 0) is 66.3 Å². The van der Waals surface area contributed by atoms with Gasteiger partial charge in [-0.2, -0.15) is 0 Å². The molecule has 190 valence electrons. The number of ether oxygens (including phenoxy) is 2. The zero-order chi connectivity index (χ0) is 26.4. The summed E-state index contributed by atoms with van der Waals surface area (Å²) in [6.07, 6.45) is 1.03. The average molecular weight is 496 g/mol. The third kappa shape index (κ3) is 6.36. The van der Waals surface area contributed by atoms with Crippen LogP contribution < -0.4 is 9.47 Å². The number of aryl methyl sites for hydroxylation is 1. The summed E-state index contributed by atoms with van der Waals surface area (Å²) in [6, 6.07) is 27.1. The molecule has 0 unspecified atom stereocenters. The number of carboxylic acid groups (broad SMARTS) is 1. The second-order valence-electron chi connectivity index (χ2n) is 9.82. The lowest BCUT2D eigenvalue weighted by atomic mass is 9.82. The van der Waals surface area contributed by atoms with Crippen LogP contribution in [0.25, 0.3) is 11.3 Å². The van der Waals surface area contributed by atoms with Gasteiger partial charge in [0.25, 0.3) is 0 Å². The summed E-state index contributed by atoms with van der Waals surface area (Å²) in [4.78, 5) is 16.6. The van der Waals surface area contributed by atoms with E-state index in [9.17, 15) is 9.90 Å². The minimum Gasteiger partial charge on any atom is -0.488 e. The van der Waals surface area contributed by atoms with Crippen molar-refractivity contribution >= 4 is 5.97 Å². The van der Waals surface area contributed by atoms with Crippen molar-refractivity contribution in [2.75, 3.05) is 0 Å². The molecule has 0 radical (unpaired) electrons. The summed E-state index contributed by atoms with van der Waals surface area (Å²) in [7, 11) is 0. The molecule has 0 spiro atoms. The van der Waals surface area contributed by atoms with Gasteiger partial charge in [0, 0.05) is 5.56 Å². The molecule has 0 aliphatic carbocycles. The maximum absolute atomic E-state index is 11.9. The summed E-state index contributed by atoms with van der Waals surface area (Å²) < 4.78 is 12.1. The minimum absolute atomic E-state index is 0.0397. The topological polar surface area (TPSA) is 68.7 Å². The van der Waals surface area contributed by atoms with E-state index in [1.165, 1.54) is 5.56 Å². The molecule has 0 aliphatic rings. The van der Waals surface area contributed by atoms with Crippen LogP contribution in [-0.4, -0.2) is 16.1 Å². The molecule has 3 aromatic carbocycles. The number of nitrogens with zero attached hydrogens (tertiary/aromatic N) is 1. The molecule has 37 heavy (non-hydrogen) atoms. The number of hydrogen-bond donors (Lipinski definition) is 1. The fourth-order valence-electron chi connectivity index (χ4n) is 4.02. The molecule has 5 nitrogen and oxygen atoms in total. The standard InChI is InChI=1S/C32H33NO4/c1-5-32(3,4)24-12-14-25(15-13-24)36-21-29-26(31(34)35)16-17-28(33-29)27-19-22(2)11-18-30(27)37-20-23-9-7-6-8-10-23/h6-19H,5,20-21H2,1-4H3,(H,34,35). The number of hydrogen-bond acceptors (Lipinski definition) is 4. The molecule has 4 aromatic rings. The van der Waals surface area contributed by atoms with Gasteiger partial charge < -0.3 is 14.6 Å². The van der Waals surface area contributed by atoms with E-state index < -0.39 is 5.97 Å². The highest BCUT2D eigenvalue weighted by molar-refractivity contribution is 5.89. The number of carboxylic acids is 1. The van der Waals surface area contributed by atoms with Gasteiger partial charge in [-0.1, -0.05) is 74.9 Å². The van der Waals surface area contributed by atoms with Crippen molar-refractivity contribution in [3.63, 3.8) is 0 Å². The van der Waals surface area contributed by atoms with Crippen LogP contribution in [0.4, 0.5) is 0 Å². The van der Waals surface area contributed by atoms with Crippen LogP contribution in [0, 0.1) is 6.92 Å². The molecule has 0 saturated heterocycles. The minimum atomic E-state index is -1.04. The lowest BCUT2D eigenvalue weighted by Gasteiger charge is -2.23. The molecule has 0 aliphatic heterocycles. The third-order valence-electron chi connectivity index (χ3n) is 6.75. The Balaban J connectivity index is 1.59. The van der Waals surface area contributed by atoms with Crippen molar-refractivity contribution in [3.8, 4) is 22.8 Å². The maximum Gasteiger partial charge on any atom is 0.337 e. The molecule has 0 saturated carbocycles. The van der Waals surface area contributed by atoms with E-state index in [4.69, 9.17) is 14.5 Å². The molecule has 0 bridgehead atoms. The number of benzene rings is 3. The number of aromatic carboxylic acids is 1. The largest absolute Gasteiger partial charge is 0.488 e. The van der Waals surface area contributed by atoms with Gasteiger partial charge in [-0.15, -0.1) is 0 Å². The molecule has 5 heteroatoms. The van der Waals surface area contributed by atoms with Gasteiger partial charge in [-0.25, -0.2) is 9.78 Å². The van der Waals surface area contributed by atoms with Gasteiger partial charge >= 0.3 is 5.97 Å². The Morgan fingerprint density at radius 3 is 2.30 bits per heavy atom. The van der Waals surface area contributed by atoms with E-state index in [1.54, 1.807) is 12.1 Å². The molecular weight excluding hydrogens is 462 g/mol. The van der Waals surface area contributed by atoms with Crippen molar-refractivity contribution in [2.24, 2.45) is 0 Å². The smallest absolute Gasteiger partial charge is 0.337 e. The van der Waals surface area contributed by atoms with E-state index in [2.05, 4.69) is 32.9 Å². The summed E-state index contributed by atoms with van der Waals surface area (Å²) in [5.74, 6) is 0.315. The highest BCUT2D eigenvalue weighted by Crippen LogP contribution is 2.32. The summed E-state index contributed by atoms with van der Waals surface area (Å²) in [6.45, 7) is 9.05. The van der Waals surface area contributed by atoms with Crippen LogP contribution in [-0.2, 0) is 18.6 Å². The maximum atomic E-state index is 11.9. The van der Waals surface area contributed by atoms with Gasteiger partial charge in [0.1, 0.15) is 24.7 Å². The van der Waals surface area contributed by atoms with E-state index >= 15 is 0 Å². The van der Waals surface area contributed by atoms with Crippen molar-refractivity contribution in [2.45, 2.75) is 52.7 Å². The summed E-state index contributed by atoms with van der Waals surface area (Å²) >= 11 is 0. The number of pyridine rings is 1. The van der Waals surface area contributed by atoms with Gasteiger partial charge in [0.15, 0.2) is 0 Å². The van der Waals surface area contributed by atoms with Gasteiger partial charge in [0.2, 0.25) is 0 Å². The highest BCUT2D eigenvalue weighted by Gasteiger charge is 2.19. The Kier molecular flexibility index (Phi) is 7.92. The zero-order valence-electron chi connectivity index (χ0n) is 21.8. The SMILES string of the molecule is CCC(C)(C)c1ccc(OCc2nc(-c3cc(C)ccc3OCc3ccccc3)ccc2C(=O)O)cc1. The van der Waals surface area contributed by atoms with E-state index in [-0.39, 0.29) is 17.6 Å². The second-order valence-corrected chi connectivity index (χ2v) is 9.82. The van der Waals surface area contributed by atoms with Gasteiger partial charge in [0.05, 0.1) is 17.0 Å². The molecule has 1 aromatic heterocycles. The lowest BCUT2D eigenvalue weighted by molar-refractivity contribution is 0.0693. The van der Waals surface area contributed by atoms with E-state index in [1.807, 2.05) is 67.6 Å². The Bertz CT molecular complexity index is 1360. The monoisotopic (exact) mass is 495 g/mol. The Hall–Kier alpha value is -4.12. The normalized spacial score (nSPS) is 11.2. The number of carbonyl (C=O) groups is 1. The molecule has 4 rings (SSSR count). The molecular formula is C32H33NO4. The molecule has 0 fully saturated rings. The number of aromatic nitrogens is 1. The Morgan fingerprint density at radius 1 is 0.892 bits per heavy atom. The molecule has 1 N–H and O–H groups in total. The van der Waals surface area contributed by atoms with Crippen molar-refractivity contribution in [1.82, 2.24) is 4.98 Å². The molecule has 1 heterocycles. The van der Waals surface area contributed by atoms with Crippen LogP contribution >= 0.6 is 0 Å². The quantitative estimate of drug-likeness (QED) is 0.245. The Morgan fingerprint density at radius 2 is 1.62 bits per heavy atom. The first-order valence-corrected chi connectivity index (χ1v) is 12.5. The van der Waals surface area contributed by atoms with Crippen LogP contribution in [0.2, 0.25) is 0 Å². The van der Waals surface area contributed by atoms with Crippen molar-refractivity contribution < 1.29 is 19.4 Å². The van der Waals surface area contributed by atoms with Gasteiger partial charge in [-0.3, -0.25) is 0 Å². The Labute approximate surface area is 218 Å². The van der Waals surface area contributed by atoms with Crippen molar-refractivity contribution in [1.29, 1.82) is 0 Å². The summed E-state index contributed by atoms with van der Waals surface area (Å²) in [5.41, 5.74) is 5.35. The predicted molar refractivity (Wildman–Crippen MR) is 146 cm³/mol. The first-order valence-electron chi connectivity index (χ1n) is 12.5. The first-order chi connectivity index (χ1) is 17.8. The highest BCUT2D eigenvalue weighted by atomic mass is 16.5. The van der Waals surface area contributed by atoms with Crippen molar-refractivity contribution in [3.05, 3.63) is 113 Å². The lowest BCUT2D eigenvalue weighted by Crippen LogP contribution is -2.15. The van der Waals surface area contributed by atoms with Crippen LogP contribution in [0.1, 0.15) is 59.9 Å². The average Bonchev–Trinajstić information content (AvgIpc) is 2.91.